The summed E-state index contributed by atoms with van der Waals surface area (Å²) in [6.07, 6.45) is 5.56. The lowest BCUT2D eigenvalue weighted by atomic mass is 10.0. The lowest BCUT2D eigenvalue weighted by Crippen LogP contribution is -2.26. The highest BCUT2D eigenvalue weighted by Crippen LogP contribution is 2.33. The Bertz CT molecular complexity index is 1240. The van der Waals surface area contributed by atoms with E-state index in [1.54, 1.807) is 0 Å². The van der Waals surface area contributed by atoms with E-state index in [2.05, 4.69) is 96.8 Å². The van der Waals surface area contributed by atoms with E-state index in [1.807, 2.05) is 0 Å². The average molecular weight is 370 g/mol. The second-order valence-electron chi connectivity index (χ2n) is 8.32. The fraction of sp³-hybridized carbons (Fsp3) is 0.280. The molecule has 0 radical (unpaired) electrons. The molecule has 2 aromatic carbocycles. The highest BCUT2D eigenvalue weighted by Gasteiger charge is 2.21. The number of rotatable bonds is 2. The molecular weight excluding hydrogens is 342 g/mol. The third-order valence-corrected chi connectivity index (χ3v) is 6.20. The predicted octanol–water partition coefficient (Wildman–Crippen LogP) is 5.45. The second-order valence-corrected chi connectivity index (χ2v) is 8.32. The molecular formula is C25H27N3. The predicted molar refractivity (Wildman–Crippen MR) is 119 cm³/mol. The molecule has 3 heteroatoms. The Morgan fingerprint density at radius 1 is 1.00 bits per heavy atom. The van der Waals surface area contributed by atoms with Crippen LogP contribution in [0.5, 0.6) is 0 Å². The molecule has 142 valence electrons. The van der Waals surface area contributed by atoms with E-state index in [4.69, 9.17) is 0 Å². The van der Waals surface area contributed by atoms with Gasteiger partial charge in [-0.05, 0) is 67.9 Å². The van der Waals surface area contributed by atoms with Gasteiger partial charge in [-0.2, -0.15) is 0 Å². The van der Waals surface area contributed by atoms with Gasteiger partial charge < -0.3 is 14.0 Å². The minimum absolute atomic E-state index is 1.03. The van der Waals surface area contributed by atoms with E-state index in [1.165, 1.54) is 49.8 Å². The summed E-state index contributed by atoms with van der Waals surface area (Å²) in [7, 11) is 4.32. The summed E-state index contributed by atoms with van der Waals surface area (Å²) in [6, 6.07) is 15.8. The van der Waals surface area contributed by atoms with Crippen LogP contribution < -0.4 is 0 Å². The molecule has 0 saturated heterocycles. The van der Waals surface area contributed by atoms with Crippen molar-refractivity contribution < 1.29 is 0 Å². The molecule has 3 heterocycles. The molecule has 1 aliphatic rings. The zero-order valence-corrected chi connectivity index (χ0v) is 17.2. The van der Waals surface area contributed by atoms with Gasteiger partial charge in [0, 0.05) is 60.9 Å². The standard InChI is InChI=1S/C25H27N3/c1-17-5-7-24-21(13-17)22-16-26(3)11-10-25(22)28(24)15-18(2)19-6-8-23-20(14-19)9-12-27(23)4/h5-9,12-15H,10-11,16H2,1-4H3. The normalized spacial score (nSPS) is 15.5. The second kappa shape index (κ2) is 6.39. The maximum absolute atomic E-state index is 2.45. The summed E-state index contributed by atoms with van der Waals surface area (Å²) in [6.45, 7) is 6.56. The van der Waals surface area contributed by atoms with Gasteiger partial charge in [-0.1, -0.05) is 17.7 Å². The molecule has 0 aliphatic carbocycles. The van der Waals surface area contributed by atoms with E-state index in [0.717, 1.165) is 19.5 Å². The van der Waals surface area contributed by atoms with Crippen molar-refractivity contribution in [2.45, 2.75) is 26.8 Å². The number of allylic oxidation sites excluding steroid dienone is 1. The molecule has 4 aromatic rings. The highest BCUT2D eigenvalue weighted by atomic mass is 15.1. The molecule has 0 N–H and O–H groups in total. The van der Waals surface area contributed by atoms with Crippen molar-refractivity contribution in [3.8, 4) is 0 Å². The molecule has 28 heavy (non-hydrogen) atoms. The van der Waals surface area contributed by atoms with Crippen LogP contribution in [0.4, 0.5) is 0 Å². The quantitative estimate of drug-likeness (QED) is 0.458. The lowest BCUT2D eigenvalue weighted by Gasteiger charge is -2.23. The molecule has 0 spiro atoms. The first-order valence-corrected chi connectivity index (χ1v) is 10.1. The number of benzene rings is 2. The summed E-state index contributed by atoms with van der Waals surface area (Å²) < 4.78 is 4.62. The van der Waals surface area contributed by atoms with Crippen molar-refractivity contribution in [3.63, 3.8) is 0 Å². The van der Waals surface area contributed by atoms with Gasteiger partial charge in [-0.3, -0.25) is 0 Å². The van der Waals surface area contributed by atoms with Crippen LogP contribution in [0.3, 0.4) is 0 Å². The van der Waals surface area contributed by atoms with Gasteiger partial charge in [0.05, 0.1) is 5.52 Å². The third-order valence-electron chi connectivity index (χ3n) is 6.20. The van der Waals surface area contributed by atoms with Crippen LogP contribution in [0.2, 0.25) is 0 Å². The van der Waals surface area contributed by atoms with Gasteiger partial charge in [0.15, 0.2) is 0 Å². The molecule has 0 saturated carbocycles. The maximum Gasteiger partial charge on any atom is 0.0529 e. The van der Waals surface area contributed by atoms with E-state index in [9.17, 15) is 0 Å². The summed E-state index contributed by atoms with van der Waals surface area (Å²) in [5.41, 5.74) is 9.48. The summed E-state index contributed by atoms with van der Waals surface area (Å²) in [5.74, 6) is 0. The van der Waals surface area contributed by atoms with Crippen LogP contribution in [-0.2, 0) is 20.0 Å². The molecule has 0 bridgehead atoms. The first kappa shape index (κ1) is 17.3. The fourth-order valence-corrected chi connectivity index (χ4v) is 4.58. The number of likely N-dealkylation sites (N-methyl/N-ethyl adjacent to an activating group) is 1. The minimum atomic E-state index is 1.03. The summed E-state index contributed by atoms with van der Waals surface area (Å²) in [4.78, 5) is 2.42. The van der Waals surface area contributed by atoms with Gasteiger partial charge in [-0.25, -0.2) is 0 Å². The van der Waals surface area contributed by atoms with Gasteiger partial charge in [0.1, 0.15) is 0 Å². The van der Waals surface area contributed by atoms with Crippen molar-refractivity contribution in [1.82, 2.24) is 14.0 Å². The summed E-state index contributed by atoms with van der Waals surface area (Å²) in [5, 5.41) is 2.70. The Balaban J connectivity index is 1.67. The van der Waals surface area contributed by atoms with Crippen molar-refractivity contribution in [3.05, 3.63) is 71.0 Å². The number of aryl methyl sites for hydroxylation is 2. The van der Waals surface area contributed by atoms with Gasteiger partial charge >= 0.3 is 0 Å². The lowest BCUT2D eigenvalue weighted by molar-refractivity contribution is 0.312. The first-order valence-electron chi connectivity index (χ1n) is 10.1. The average Bonchev–Trinajstić information content (AvgIpc) is 3.19. The highest BCUT2D eigenvalue weighted by molar-refractivity contribution is 5.91. The van der Waals surface area contributed by atoms with Gasteiger partial charge in [-0.15, -0.1) is 0 Å². The van der Waals surface area contributed by atoms with Crippen LogP contribution in [0.1, 0.15) is 29.3 Å². The Kier molecular flexibility index (Phi) is 3.95. The van der Waals surface area contributed by atoms with Crippen LogP contribution in [0.25, 0.3) is 33.6 Å². The summed E-state index contributed by atoms with van der Waals surface area (Å²) >= 11 is 0. The Hall–Kier alpha value is -2.78. The van der Waals surface area contributed by atoms with Crippen LogP contribution in [0, 0.1) is 6.92 Å². The largest absolute Gasteiger partial charge is 0.351 e. The number of hydrogen-bond donors (Lipinski definition) is 0. The number of aromatic nitrogens is 2. The Labute approximate surface area is 166 Å². The van der Waals surface area contributed by atoms with Crippen LogP contribution >= 0.6 is 0 Å². The molecule has 1 aliphatic heterocycles. The van der Waals surface area contributed by atoms with E-state index < -0.39 is 0 Å². The van der Waals surface area contributed by atoms with Crippen molar-refractivity contribution >= 4 is 33.6 Å². The smallest absolute Gasteiger partial charge is 0.0529 e. The minimum Gasteiger partial charge on any atom is -0.351 e. The molecule has 0 unspecified atom stereocenters. The van der Waals surface area contributed by atoms with E-state index in [0.29, 0.717) is 0 Å². The van der Waals surface area contributed by atoms with Gasteiger partial charge in [0.25, 0.3) is 0 Å². The SMILES string of the molecule is CC(=Cn1c2c(c3cc(C)ccc31)CN(C)CC2)c1ccc2c(ccn2C)c1. The van der Waals surface area contributed by atoms with E-state index in [-0.39, 0.29) is 0 Å². The van der Waals surface area contributed by atoms with Crippen LogP contribution in [0.15, 0.2) is 48.7 Å². The van der Waals surface area contributed by atoms with Crippen LogP contribution in [-0.4, -0.2) is 27.6 Å². The fourth-order valence-electron chi connectivity index (χ4n) is 4.58. The topological polar surface area (TPSA) is 13.1 Å². The first-order chi connectivity index (χ1) is 13.5. The maximum atomic E-state index is 2.45. The number of nitrogens with zero attached hydrogens (tertiary/aromatic N) is 3. The monoisotopic (exact) mass is 369 g/mol. The van der Waals surface area contributed by atoms with Crippen molar-refractivity contribution in [2.75, 3.05) is 13.6 Å². The molecule has 5 rings (SSSR count). The zero-order chi connectivity index (χ0) is 19.4. The molecule has 0 fully saturated rings. The molecule has 0 amide bonds. The Morgan fingerprint density at radius 3 is 2.68 bits per heavy atom. The molecule has 3 nitrogen and oxygen atoms in total. The molecule has 2 aromatic heterocycles. The van der Waals surface area contributed by atoms with Crippen molar-refractivity contribution in [2.24, 2.45) is 7.05 Å². The van der Waals surface area contributed by atoms with Crippen molar-refractivity contribution in [1.29, 1.82) is 0 Å². The Morgan fingerprint density at radius 2 is 1.82 bits per heavy atom. The molecule has 0 atom stereocenters. The zero-order valence-electron chi connectivity index (χ0n) is 17.2. The number of hydrogen-bond acceptors (Lipinski definition) is 1. The number of fused-ring (bicyclic) bond motifs is 4. The van der Waals surface area contributed by atoms with Gasteiger partial charge in [0.2, 0.25) is 0 Å². The third kappa shape index (κ3) is 2.70. The van der Waals surface area contributed by atoms with E-state index >= 15 is 0 Å².